The average Bonchev–Trinajstić information content (AvgIpc) is 2.33. The summed E-state index contributed by atoms with van der Waals surface area (Å²) in [5.41, 5.74) is 2.43. The summed E-state index contributed by atoms with van der Waals surface area (Å²) >= 11 is 0. The normalized spacial score (nSPS) is 17.1. The van der Waals surface area contributed by atoms with Gasteiger partial charge in [0, 0.05) is 6.42 Å². The Kier molecular flexibility index (Phi) is 2.57. The molecule has 1 saturated heterocycles. The smallest absolute Gasteiger partial charge is 0.0632 e. The van der Waals surface area contributed by atoms with Crippen molar-refractivity contribution in [3.63, 3.8) is 0 Å². The number of aryl methyl sites for hydroxylation is 1. The second-order valence-electron chi connectivity index (χ2n) is 5.17. The fraction of sp³-hybridized carbons (Fsp3) is 0.312. The predicted octanol–water partition coefficient (Wildman–Crippen LogP) is 3.33. The Balaban J connectivity index is 2.08. The molecule has 2 aromatic carbocycles. The van der Waals surface area contributed by atoms with E-state index < -0.39 is 0 Å². The van der Waals surface area contributed by atoms with Gasteiger partial charge in [0.05, 0.1) is 24.7 Å². The number of nitrogens with zero attached hydrogens (tertiary/aromatic N) is 1. The molecule has 1 fully saturated rings. The summed E-state index contributed by atoms with van der Waals surface area (Å²) in [6, 6.07) is 15.2. The first-order valence-corrected chi connectivity index (χ1v) is 6.19. The second-order valence-corrected chi connectivity index (χ2v) is 5.17. The molecular formula is C16H15NO. The fourth-order valence-electron chi connectivity index (χ4n) is 2.57. The van der Waals surface area contributed by atoms with Crippen molar-refractivity contribution < 1.29 is 4.74 Å². The van der Waals surface area contributed by atoms with Crippen LogP contribution in [-0.4, -0.2) is 13.2 Å². The maximum atomic E-state index is 8.97. The lowest BCUT2D eigenvalue weighted by molar-refractivity contribution is -0.0576. The number of rotatable bonds is 2. The topological polar surface area (TPSA) is 33.0 Å². The summed E-state index contributed by atoms with van der Waals surface area (Å²) in [5, 5.41) is 11.5. The molecule has 90 valence electrons. The van der Waals surface area contributed by atoms with E-state index >= 15 is 0 Å². The lowest BCUT2D eigenvalue weighted by Gasteiger charge is -2.40. The number of benzene rings is 2. The summed E-state index contributed by atoms with van der Waals surface area (Å²) in [6.45, 7) is 3.43. The van der Waals surface area contributed by atoms with Crippen LogP contribution in [0.4, 0.5) is 0 Å². The molecule has 0 aliphatic carbocycles. The maximum Gasteiger partial charge on any atom is 0.0632 e. The molecule has 1 heterocycles. The van der Waals surface area contributed by atoms with Gasteiger partial charge in [-0.15, -0.1) is 0 Å². The monoisotopic (exact) mass is 237 g/mol. The van der Waals surface area contributed by atoms with Crippen LogP contribution in [0.3, 0.4) is 0 Å². The van der Waals surface area contributed by atoms with E-state index in [0.717, 1.165) is 0 Å². The van der Waals surface area contributed by atoms with E-state index in [1.165, 1.54) is 21.9 Å². The third-order valence-corrected chi connectivity index (χ3v) is 3.78. The van der Waals surface area contributed by atoms with Crippen LogP contribution >= 0.6 is 0 Å². The van der Waals surface area contributed by atoms with E-state index in [4.69, 9.17) is 10.00 Å². The van der Waals surface area contributed by atoms with Crippen molar-refractivity contribution in [2.75, 3.05) is 13.2 Å². The van der Waals surface area contributed by atoms with Gasteiger partial charge in [-0.1, -0.05) is 42.0 Å². The molecule has 0 spiro atoms. The van der Waals surface area contributed by atoms with Gasteiger partial charge in [-0.3, -0.25) is 0 Å². The maximum absolute atomic E-state index is 8.97. The molecule has 0 amide bonds. The predicted molar refractivity (Wildman–Crippen MR) is 71.4 cm³/mol. The molecule has 0 N–H and O–H groups in total. The van der Waals surface area contributed by atoms with Crippen molar-refractivity contribution >= 4 is 10.8 Å². The van der Waals surface area contributed by atoms with Gasteiger partial charge in [-0.25, -0.2) is 0 Å². The zero-order chi connectivity index (χ0) is 12.6. The van der Waals surface area contributed by atoms with Crippen molar-refractivity contribution in [1.29, 1.82) is 5.26 Å². The van der Waals surface area contributed by atoms with Crippen LogP contribution in [0.15, 0.2) is 36.4 Å². The molecule has 2 heteroatoms. The first-order chi connectivity index (χ1) is 8.73. The van der Waals surface area contributed by atoms with Crippen LogP contribution in [0.1, 0.15) is 17.5 Å². The van der Waals surface area contributed by atoms with E-state index in [2.05, 4.69) is 49.4 Å². The van der Waals surface area contributed by atoms with E-state index in [-0.39, 0.29) is 5.41 Å². The minimum atomic E-state index is -0.0756. The zero-order valence-electron chi connectivity index (χ0n) is 10.4. The van der Waals surface area contributed by atoms with Crippen molar-refractivity contribution in [3.05, 3.63) is 47.5 Å². The number of hydrogen-bond acceptors (Lipinski definition) is 2. The third kappa shape index (κ3) is 1.68. The van der Waals surface area contributed by atoms with Gasteiger partial charge in [-0.2, -0.15) is 5.26 Å². The van der Waals surface area contributed by atoms with Crippen molar-refractivity contribution in [3.8, 4) is 6.07 Å². The molecule has 0 saturated carbocycles. The molecule has 1 aliphatic heterocycles. The zero-order valence-corrected chi connectivity index (χ0v) is 10.4. The summed E-state index contributed by atoms with van der Waals surface area (Å²) in [5.74, 6) is 0. The van der Waals surface area contributed by atoms with Crippen LogP contribution in [0.25, 0.3) is 10.8 Å². The Morgan fingerprint density at radius 1 is 1.17 bits per heavy atom. The van der Waals surface area contributed by atoms with Gasteiger partial charge in [0.15, 0.2) is 0 Å². The highest BCUT2D eigenvalue weighted by atomic mass is 16.5. The van der Waals surface area contributed by atoms with Crippen LogP contribution in [0.5, 0.6) is 0 Å². The Morgan fingerprint density at radius 3 is 2.56 bits per heavy atom. The molecule has 0 aromatic heterocycles. The summed E-state index contributed by atoms with van der Waals surface area (Å²) in [4.78, 5) is 0. The highest BCUT2D eigenvalue weighted by Gasteiger charge is 2.40. The van der Waals surface area contributed by atoms with Gasteiger partial charge >= 0.3 is 0 Å². The van der Waals surface area contributed by atoms with Gasteiger partial charge < -0.3 is 4.74 Å². The van der Waals surface area contributed by atoms with Gasteiger partial charge in [-0.05, 0) is 23.3 Å². The minimum Gasteiger partial charge on any atom is -0.379 e. The molecule has 0 unspecified atom stereocenters. The second kappa shape index (κ2) is 4.12. The fourth-order valence-corrected chi connectivity index (χ4v) is 2.57. The highest BCUT2D eigenvalue weighted by Crippen LogP contribution is 2.36. The Hall–Kier alpha value is -1.85. The van der Waals surface area contributed by atoms with Crippen molar-refractivity contribution in [1.82, 2.24) is 0 Å². The largest absolute Gasteiger partial charge is 0.379 e. The average molecular weight is 237 g/mol. The third-order valence-electron chi connectivity index (χ3n) is 3.78. The molecule has 0 atom stereocenters. The standard InChI is InChI=1S/C16H15NO/c1-12-2-3-14-9-15(5-4-13(14)8-12)16(6-7-17)10-18-11-16/h2-5,8-9H,6,10-11H2,1H3. The van der Waals surface area contributed by atoms with E-state index in [9.17, 15) is 0 Å². The Morgan fingerprint density at radius 2 is 1.89 bits per heavy atom. The Labute approximate surface area is 107 Å². The van der Waals surface area contributed by atoms with Crippen LogP contribution < -0.4 is 0 Å². The molecule has 2 aromatic rings. The summed E-state index contributed by atoms with van der Waals surface area (Å²) in [7, 11) is 0. The molecule has 18 heavy (non-hydrogen) atoms. The molecule has 0 radical (unpaired) electrons. The van der Waals surface area contributed by atoms with Crippen molar-refractivity contribution in [2.24, 2.45) is 0 Å². The van der Waals surface area contributed by atoms with Gasteiger partial charge in [0.25, 0.3) is 0 Å². The molecular weight excluding hydrogens is 222 g/mol. The summed E-state index contributed by atoms with van der Waals surface area (Å²) < 4.78 is 5.33. The number of hydrogen-bond donors (Lipinski definition) is 0. The number of ether oxygens (including phenoxy) is 1. The number of nitriles is 1. The molecule has 1 aliphatic rings. The highest BCUT2D eigenvalue weighted by molar-refractivity contribution is 5.84. The first-order valence-electron chi connectivity index (χ1n) is 6.19. The van der Waals surface area contributed by atoms with Crippen molar-refractivity contribution in [2.45, 2.75) is 18.8 Å². The van der Waals surface area contributed by atoms with E-state index in [1.807, 2.05) is 0 Å². The van der Waals surface area contributed by atoms with E-state index in [1.54, 1.807) is 0 Å². The van der Waals surface area contributed by atoms with Gasteiger partial charge in [0.1, 0.15) is 0 Å². The molecule has 0 bridgehead atoms. The molecule has 2 nitrogen and oxygen atoms in total. The number of fused-ring (bicyclic) bond motifs is 1. The lowest BCUT2D eigenvalue weighted by Crippen LogP contribution is -2.46. The van der Waals surface area contributed by atoms with Crippen LogP contribution in [0.2, 0.25) is 0 Å². The van der Waals surface area contributed by atoms with Crippen LogP contribution in [0, 0.1) is 18.3 Å². The van der Waals surface area contributed by atoms with E-state index in [0.29, 0.717) is 19.6 Å². The summed E-state index contributed by atoms with van der Waals surface area (Å²) in [6.07, 6.45) is 0.532. The SMILES string of the molecule is Cc1ccc2cc(C3(CC#N)COC3)ccc2c1. The first kappa shape index (κ1) is 11.3. The molecule has 3 rings (SSSR count). The lowest BCUT2D eigenvalue weighted by atomic mass is 9.76. The Bertz CT molecular complexity index is 635. The minimum absolute atomic E-state index is 0.0756. The van der Waals surface area contributed by atoms with Gasteiger partial charge in [0.2, 0.25) is 0 Å². The quantitative estimate of drug-likeness (QED) is 0.802. The van der Waals surface area contributed by atoms with Crippen LogP contribution in [-0.2, 0) is 10.2 Å².